The molecule has 0 unspecified atom stereocenters. The fraction of sp³-hybridized carbons (Fsp3) is 0.120. The number of hydrogen-bond donors (Lipinski definition) is 2. The second-order valence-electron chi connectivity index (χ2n) is 7.40. The maximum atomic E-state index is 12.9. The van der Waals surface area contributed by atoms with Crippen LogP contribution in [0.1, 0.15) is 28.4 Å². The quantitative estimate of drug-likeness (QED) is 0.151. The van der Waals surface area contributed by atoms with E-state index in [1.807, 2.05) is 10.7 Å². The molecule has 0 aliphatic heterocycles. The van der Waals surface area contributed by atoms with Gasteiger partial charge in [-0.15, -0.1) is 0 Å². The van der Waals surface area contributed by atoms with Gasteiger partial charge in [0.25, 0.3) is 0 Å². The molecule has 0 fully saturated rings. The minimum atomic E-state index is -4.67. The average molecular weight is 534 g/mol. The number of rotatable bonds is 6. The number of esters is 1. The molecule has 0 radical (unpaired) electrons. The second-order valence-corrected chi connectivity index (χ2v) is 7.81. The first-order valence-electron chi connectivity index (χ1n) is 10.5. The van der Waals surface area contributed by atoms with Crippen molar-refractivity contribution < 1.29 is 37.0 Å². The molecular weight excluding hydrogens is 515 g/mol. The van der Waals surface area contributed by atoms with Gasteiger partial charge in [0, 0.05) is 5.56 Å². The summed E-state index contributed by atoms with van der Waals surface area (Å²) in [6, 6.07) is 14.9. The number of nitrogens with zero attached hydrogens (tertiary/aromatic N) is 1. The van der Waals surface area contributed by atoms with Crippen molar-refractivity contribution in [3.63, 3.8) is 0 Å². The SMILES string of the molecule is COc1ccc(C(=O)Oc2ccccc2/C(C)=N/NC(=O)C(=O)Nc2cc(C(F)(F)F)ccc2Cl)cc1. The van der Waals surface area contributed by atoms with Gasteiger partial charge in [-0.2, -0.15) is 18.3 Å². The summed E-state index contributed by atoms with van der Waals surface area (Å²) in [6.45, 7) is 1.49. The van der Waals surface area contributed by atoms with Crippen LogP contribution in [0.25, 0.3) is 0 Å². The van der Waals surface area contributed by atoms with Gasteiger partial charge in [0.2, 0.25) is 0 Å². The molecule has 12 heteroatoms. The van der Waals surface area contributed by atoms with E-state index in [2.05, 4.69) is 5.10 Å². The molecule has 0 saturated heterocycles. The smallest absolute Gasteiger partial charge is 0.416 e. The number of amides is 2. The molecule has 0 atom stereocenters. The molecule has 192 valence electrons. The summed E-state index contributed by atoms with van der Waals surface area (Å²) < 4.78 is 49.3. The summed E-state index contributed by atoms with van der Waals surface area (Å²) in [5, 5.41) is 5.66. The van der Waals surface area contributed by atoms with Gasteiger partial charge >= 0.3 is 24.0 Å². The number of carbonyl (C=O) groups excluding carboxylic acids is 3. The second kappa shape index (κ2) is 11.6. The standard InChI is InChI=1S/C25H19ClF3N3O5/c1-14(18-5-3-4-6-21(18)37-24(35)15-7-10-17(36-2)11-8-15)31-32-23(34)22(33)30-20-13-16(25(27,28)29)9-12-19(20)26/h3-13H,1-2H3,(H,30,33)(H,32,34)/b31-14+. The van der Waals surface area contributed by atoms with E-state index in [0.29, 0.717) is 17.4 Å². The fourth-order valence-electron chi connectivity index (χ4n) is 2.96. The van der Waals surface area contributed by atoms with E-state index in [0.717, 1.165) is 12.1 Å². The zero-order valence-corrected chi connectivity index (χ0v) is 20.1. The van der Waals surface area contributed by atoms with Gasteiger partial charge in [-0.25, -0.2) is 10.2 Å². The van der Waals surface area contributed by atoms with Gasteiger partial charge in [-0.3, -0.25) is 9.59 Å². The Kier molecular flexibility index (Phi) is 8.51. The third kappa shape index (κ3) is 7.07. The molecule has 8 nitrogen and oxygen atoms in total. The molecule has 3 aromatic rings. The van der Waals surface area contributed by atoms with Crippen molar-refractivity contribution in [1.82, 2.24) is 5.43 Å². The van der Waals surface area contributed by atoms with Crippen LogP contribution < -0.4 is 20.2 Å². The van der Waals surface area contributed by atoms with E-state index in [-0.39, 0.29) is 22.0 Å². The van der Waals surface area contributed by atoms with Crippen LogP contribution in [0, 0.1) is 0 Å². The van der Waals surface area contributed by atoms with Crippen LogP contribution in [0.2, 0.25) is 5.02 Å². The van der Waals surface area contributed by atoms with E-state index in [9.17, 15) is 27.6 Å². The maximum absolute atomic E-state index is 12.9. The molecule has 2 amide bonds. The van der Waals surface area contributed by atoms with E-state index in [1.165, 1.54) is 32.2 Å². The third-order valence-electron chi connectivity index (χ3n) is 4.88. The highest BCUT2D eigenvalue weighted by molar-refractivity contribution is 6.41. The number of anilines is 1. The van der Waals surface area contributed by atoms with Gasteiger partial charge in [0.05, 0.1) is 34.7 Å². The number of hydrogen-bond acceptors (Lipinski definition) is 6. The number of nitrogens with one attached hydrogen (secondary N) is 2. The summed E-state index contributed by atoms with van der Waals surface area (Å²) in [5.41, 5.74) is 1.34. The van der Waals surface area contributed by atoms with Gasteiger partial charge in [0.1, 0.15) is 11.5 Å². The largest absolute Gasteiger partial charge is 0.497 e. The number of carbonyl (C=O) groups is 3. The van der Waals surface area contributed by atoms with Crippen molar-refractivity contribution in [3.8, 4) is 11.5 Å². The van der Waals surface area contributed by atoms with Crippen LogP contribution in [0.4, 0.5) is 18.9 Å². The molecule has 0 bridgehead atoms. The lowest BCUT2D eigenvalue weighted by Crippen LogP contribution is -2.33. The summed E-state index contributed by atoms with van der Waals surface area (Å²) in [7, 11) is 1.49. The molecule has 0 heterocycles. The summed E-state index contributed by atoms with van der Waals surface area (Å²) in [5.74, 6) is -2.50. The van der Waals surface area contributed by atoms with Crippen LogP contribution in [-0.4, -0.2) is 30.6 Å². The van der Waals surface area contributed by atoms with Crippen molar-refractivity contribution in [3.05, 3.63) is 88.4 Å². The van der Waals surface area contributed by atoms with Crippen LogP contribution in [0.15, 0.2) is 71.8 Å². The lowest BCUT2D eigenvalue weighted by atomic mass is 10.1. The zero-order valence-electron chi connectivity index (χ0n) is 19.4. The molecular formula is C25H19ClF3N3O5. The highest BCUT2D eigenvalue weighted by Crippen LogP contribution is 2.33. The van der Waals surface area contributed by atoms with Gasteiger partial charge in [0.15, 0.2) is 0 Å². The van der Waals surface area contributed by atoms with Crippen LogP contribution >= 0.6 is 11.6 Å². The van der Waals surface area contributed by atoms with Gasteiger partial charge in [-0.1, -0.05) is 23.7 Å². The van der Waals surface area contributed by atoms with E-state index < -0.39 is 35.2 Å². The number of methoxy groups -OCH3 is 1. The molecule has 0 aromatic heterocycles. The Morgan fingerprint density at radius 1 is 0.946 bits per heavy atom. The van der Waals surface area contributed by atoms with Crippen molar-refractivity contribution in [1.29, 1.82) is 0 Å². The highest BCUT2D eigenvalue weighted by Gasteiger charge is 2.31. The normalized spacial score (nSPS) is 11.5. The first-order chi connectivity index (χ1) is 17.5. The van der Waals surface area contributed by atoms with E-state index in [1.54, 1.807) is 30.3 Å². The number of para-hydroxylation sites is 1. The molecule has 3 aromatic carbocycles. The van der Waals surface area contributed by atoms with Crippen LogP contribution in [-0.2, 0) is 15.8 Å². The van der Waals surface area contributed by atoms with Gasteiger partial charge in [-0.05, 0) is 61.5 Å². The number of halogens is 4. The Labute approximate surface area is 214 Å². The van der Waals surface area contributed by atoms with Crippen molar-refractivity contribution in [2.45, 2.75) is 13.1 Å². The van der Waals surface area contributed by atoms with E-state index in [4.69, 9.17) is 21.1 Å². The molecule has 0 aliphatic rings. The number of ether oxygens (including phenoxy) is 2. The average Bonchev–Trinajstić information content (AvgIpc) is 2.87. The number of alkyl halides is 3. The number of benzene rings is 3. The van der Waals surface area contributed by atoms with Gasteiger partial charge < -0.3 is 14.8 Å². The first kappa shape index (κ1) is 27.2. The number of hydrazone groups is 1. The topological polar surface area (TPSA) is 106 Å². The molecule has 2 N–H and O–H groups in total. The molecule has 0 spiro atoms. The van der Waals surface area contributed by atoms with Crippen molar-refractivity contribution >= 4 is 40.8 Å². The highest BCUT2D eigenvalue weighted by atomic mass is 35.5. The molecule has 0 aliphatic carbocycles. The molecule has 0 saturated carbocycles. The minimum Gasteiger partial charge on any atom is -0.497 e. The van der Waals surface area contributed by atoms with Crippen LogP contribution in [0.5, 0.6) is 11.5 Å². The Bertz CT molecular complexity index is 1360. The van der Waals surface area contributed by atoms with Crippen molar-refractivity contribution in [2.24, 2.45) is 5.10 Å². The minimum absolute atomic E-state index is 0.138. The molecule has 37 heavy (non-hydrogen) atoms. The predicted molar refractivity (Wildman–Crippen MR) is 130 cm³/mol. The lowest BCUT2D eigenvalue weighted by Gasteiger charge is -2.12. The third-order valence-corrected chi connectivity index (χ3v) is 5.21. The lowest BCUT2D eigenvalue weighted by molar-refractivity contribution is -0.137. The Morgan fingerprint density at radius 3 is 2.27 bits per heavy atom. The fourth-order valence-corrected chi connectivity index (χ4v) is 3.13. The predicted octanol–water partition coefficient (Wildman–Crippen LogP) is 5.07. The maximum Gasteiger partial charge on any atom is 0.416 e. The summed E-state index contributed by atoms with van der Waals surface area (Å²) >= 11 is 5.83. The van der Waals surface area contributed by atoms with Crippen molar-refractivity contribution in [2.75, 3.05) is 12.4 Å². The summed E-state index contributed by atoms with van der Waals surface area (Å²) in [4.78, 5) is 36.9. The monoisotopic (exact) mass is 533 g/mol. The molecule has 3 rings (SSSR count). The summed E-state index contributed by atoms with van der Waals surface area (Å²) in [6.07, 6.45) is -4.67. The van der Waals surface area contributed by atoms with Crippen LogP contribution in [0.3, 0.4) is 0 Å². The zero-order chi connectivity index (χ0) is 27.2. The first-order valence-corrected chi connectivity index (χ1v) is 10.9. The Balaban J connectivity index is 1.70. The Hall–Kier alpha value is -4.38. The Morgan fingerprint density at radius 2 is 1.62 bits per heavy atom. The van der Waals surface area contributed by atoms with E-state index >= 15 is 0 Å².